The maximum absolute atomic E-state index is 13.6. The normalized spacial score (nSPS) is 15.3. The largest absolute Gasteiger partial charge is 0.495 e. The molecule has 0 aliphatic carbocycles. The summed E-state index contributed by atoms with van der Waals surface area (Å²) < 4.78 is 33.4. The molecule has 0 saturated carbocycles. The average molecular weight is 471 g/mol. The number of methoxy groups -OCH3 is 1. The summed E-state index contributed by atoms with van der Waals surface area (Å²) in [5.41, 5.74) is 2.17. The highest BCUT2D eigenvalue weighted by atomic mass is 35.5. The zero-order chi connectivity index (χ0) is 22.9. The molecule has 6 nitrogen and oxygen atoms in total. The average Bonchev–Trinajstić information content (AvgIpc) is 3.13. The van der Waals surface area contributed by atoms with E-state index in [1.807, 2.05) is 31.2 Å². The highest BCUT2D eigenvalue weighted by Crippen LogP contribution is 2.34. The first-order valence-corrected chi connectivity index (χ1v) is 12.0. The molecule has 0 aromatic heterocycles. The second-order valence-corrected chi connectivity index (χ2v) is 9.86. The monoisotopic (exact) mass is 470 g/mol. The Morgan fingerprint density at radius 1 is 1.09 bits per heavy atom. The van der Waals surface area contributed by atoms with E-state index in [0.717, 1.165) is 22.0 Å². The van der Waals surface area contributed by atoms with E-state index in [2.05, 4.69) is 0 Å². The van der Waals surface area contributed by atoms with Crippen LogP contribution in [0.5, 0.6) is 5.75 Å². The number of carbonyl (C=O) groups excluding carboxylic acids is 1. The van der Waals surface area contributed by atoms with E-state index in [1.54, 1.807) is 35.2 Å². The number of hydrogen-bond acceptors (Lipinski definition) is 4. The predicted octanol–water partition coefficient (Wildman–Crippen LogP) is 4.52. The third kappa shape index (κ3) is 4.06. The third-order valence-corrected chi connectivity index (χ3v) is 7.59. The minimum Gasteiger partial charge on any atom is -0.495 e. The number of benzene rings is 3. The lowest BCUT2D eigenvalue weighted by Crippen LogP contribution is -2.45. The summed E-state index contributed by atoms with van der Waals surface area (Å²) in [5.74, 6) is 0.106. The van der Waals surface area contributed by atoms with Crippen molar-refractivity contribution in [2.24, 2.45) is 0 Å². The predicted molar refractivity (Wildman–Crippen MR) is 126 cm³/mol. The van der Waals surface area contributed by atoms with Gasteiger partial charge in [-0.1, -0.05) is 48.0 Å². The molecule has 0 bridgehead atoms. The first-order chi connectivity index (χ1) is 15.3. The highest BCUT2D eigenvalue weighted by molar-refractivity contribution is 7.92. The van der Waals surface area contributed by atoms with E-state index >= 15 is 0 Å². The molecule has 0 spiro atoms. The minimum atomic E-state index is -4.02. The molecule has 1 amide bonds. The van der Waals surface area contributed by atoms with Gasteiger partial charge in [-0.15, -0.1) is 0 Å². The van der Waals surface area contributed by atoms with Gasteiger partial charge in [0.15, 0.2) is 0 Å². The number of ether oxygens (including phenoxy) is 1. The van der Waals surface area contributed by atoms with Crippen LogP contribution in [0, 0.1) is 0 Å². The Bertz CT molecular complexity index is 1250. The Labute approximate surface area is 193 Å². The van der Waals surface area contributed by atoms with Gasteiger partial charge in [0.05, 0.1) is 22.7 Å². The standard InChI is InChI=1S/C24H23ClN2O4S/c1-17-14-18-8-6-7-11-22(18)27(17)24(28)16-26(19-12-13-23(31-2)21(25)15-19)32(29,30)20-9-4-3-5-10-20/h3-13,15,17H,14,16H2,1-2H3/t17-/m0/s1. The second-order valence-electron chi connectivity index (χ2n) is 7.59. The number of amides is 1. The number of fused-ring (bicyclic) bond motifs is 1. The molecule has 8 heteroatoms. The molecule has 3 aromatic rings. The van der Waals surface area contributed by atoms with E-state index in [-0.39, 0.29) is 34.1 Å². The van der Waals surface area contributed by atoms with Crippen molar-refractivity contribution in [1.82, 2.24) is 0 Å². The molecule has 3 aromatic carbocycles. The summed E-state index contributed by atoms with van der Waals surface area (Å²) in [6.45, 7) is 1.59. The third-order valence-electron chi connectivity index (χ3n) is 5.51. The van der Waals surface area contributed by atoms with Crippen molar-refractivity contribution in [2.45, 2.75) is 24.3 Å². The number of carbonyl (C=O) groups is 1. The van der Waals surface area contributed by atoms with Crippen LogP contribution in [0.1, 0.15) is 12.5 Å². The first-order valence-electron chi connectivity index (χ1n) is 10.1. The molecule has 4 rings (SSSR count). The van der Waals surface area contributed by atoms with E-state index in [0.29, 0.717) is 5.75 Å². The van der Waals surface area contributed by atoms with Gasteiger partial charge in [-0.3, -0.25) is 9.10 Å². The Morgan fingerprint density at radius 2 is 1.78 bits per heavy atom. The Balaban J connectivity index is 1.75. The van der Waals surface area contributed by atoms with Crippen molar-refractivity contribution < 1.29 is 17.9 Å². The van der Waals surface area contributed by atoms with Crippen LogP contribution in [0.2, 0.25) is 5.02 Å². The van der Waals surface area contributed by atoms with Crippen LogP contribution in [-0.4, -0.2) is 34.0 Å². The summed E-state index contributed by atoms with van der Waals surface area (Å²) in [6.07, 6.45) is 0.724. The number of rotatable bonds is 6. The second kappa shape index (κ2) is 8.84. The molecule has 166 valence electrons. The lowest BCUT2D eigenvalue weighted by atomic mass is 10.1. The zero-order valence-electron chi connectivity index (χ0n) is 17.7. The number of hydrogen-bond donors (Lipinski definition) is 0. The fraction of sp³-hybridized carbons (Fsp3) is 0.208. The molecule has 1 aliphatic rings. The fourth-order valence-electron chi connectivity index (χ4n) is 3.99. The number of anilines is 2. The van der Waals surface area contributed by atoms with Crippen LogP contribution in [0.3, 0.4) is 0 Å². The highest BCUT2D eigenvalue weighted by Gasteiger charge is 2.34. The molecule has 0 N–H and O–H groups in total. The smallest absolute Gasteiger partial charge is 0.264 e. The molecule has 1 heterocycles. The van der Waals surface area contributed by atoms with Gasteiger partial charge in [-0.2, -0.15) is 0 Å². The van der Waals surface area contributed by atoms with E-state index in [4.69, 9.17) is 16.3 Å². The number of halogens is 1. The van der Waals surface area contributed by atoms with Gasteiger partial charge in [-0.05, 0) is 55.3 Å². The lowest BCUT2D eigenvalue weighted by molar-refractivity contribution is -0.117. The Kier molecular flexibility index (Phi) is 6.13. The van der Waals surface area contributed by atoms with E-state index in [1.165, 1.54) is 25.3 Å². The summed E-state index contributed by atoms with van der Waals surface area (Å²) in [4.78, 5) is 15.2. The number of sulfonamides is 1. The van der Waals surface area contributed by atoms with Gasteiger partial charge in [0.1, 0.15) is 12.3 Å². The van der Waals surface area contributed by atoms with Gasteiger partial charge in [0, 0.05) is 11.7 Å². The summed E-state index contributed by atoms with van der Waals surface area (Å²) in [6, 6.07) is 20.3. The van der Waals surface area contributed by atoms with Crippen LogP contribution in [0.4, 0.5) is 11.4 Å². The van der Waals surface area contributed by atoms with Gasteiger partial charge in [0.2, 0.25) is 5.91 Å². The van der Waals surface area contributed by atoms with Crippen molar-refractivity contribution in [3.63, 3.8) is 0 Å². The zero-order valence-corrected chi connectivity index (χ0v) is 19.3. The SMILES string of the molecule is COc1ccc(N(CC(=O)N2c3ccccc3C[C@@H]2C)S(=O)(=O)c2ccccc2)cc1Cl. The maximum atomic E-state index is 13.6. The van der Waals surface area contributed by atoms with Crippen LogP contribution < -0.4 is 13.9 Å². The van der Waals surface area contributed by atoms with E-state index in [9.17, 15) is 13.2 Å². The molecule has 1 aliphatic heterocycles. The topological polar surface area (TPSA) is 66.9 Å². The lowest BCUT2D eigenvalue weighted by Gasteiger charge is -2.29. The molecule has 0 saturated heterocycles. The van der Waals surface area contributed by atoms with Gasteiger partial charge >= 0.3 is 0 Å². The van der Waals surface area contributed by atoms with Crippen molar-refractivity contribution in [2.75, 3.05) is 22.9 Å². The van der Waals surface area contributed by atoms with Crippen molar-refractivity contribution in [1.29, 1.82) is 0 Å². The summed E-state index contributed by atoms with van der Waals surface area (Å²) in [5, 5.41) is 0.255. The summed E-state index contributed by atoms with van der Waals surface area (Å²) >= 11 is 6.28. The van der Waals surface area contributed by atoms with Crippen molar-refractivity contribution in [3.8, 4) is 5.75 Å². The van der Waals surface area contributed by atoms with Crippen molar-refractivity contribution >= 4 is 38.9 Å². The van der Waals surface area contributed by atoms with Crippen LogP contribution in [0.25, 0.3) is 0 Å². The van der Waals surface area contributed by atoms with Crippen LogP contribution in [0.15, 0.2) is 77.7 Å². The molecule has 0 fully saturated rings. The van der Waals surface area contributed by atoms with Crippen LogP contribution in [-0.2, 0) is 21.2 Å². The van der Waals surface area contributed by atoms with E-state index < -0.39 is 10.0 Å². The molecular formula is C24H23ClN2O4S. The quantitative estimate of drug-likeness (QED) is 0.531. The van der Waals surface area contributed by atoms with Gasteiger partial charge < -0.3 is 9.64 Å². The Hall–Kier alpha value is -3.03. The molecular weight excluding hydrogens is 448 g/mol. The Morgan fingerprint density at radius 3 is 2.47 bits per heavy atom. The molecule has 0 radical (unpaired) electrons. The van der Waals surface area contributed by atoms with Crippen LogP contribution >= 0.6 is 11.6 Å². The molecule has 1 atom stereocenters. The fourth-order valence-corrected chi connectivity index (χ4v) is 5.67. The molecule has 0 unspecified atom stereocenters. The number of para-hydroxylation sites is 1. The molecule has 32 heavy (non-hydrogen) atoms. The van der Waals surface area contributed by atoms with Gasteiger partial charge in [0.25, 0.3) is 10.0 Å². The van der Waals surface area contributed by atoms with Crippen molar-refractivity contribution in [3.05, 3.63) is 83.4 Å². The first kappa shape index (κ1) is 22.2. The minimum absolute atomic E-state index is 0.0689. The maximum Gasteiger partial charge on any atom is 0.264 e. The number of nitrogens with zero attached hydrogens (tertiary/aromatic N) is 2. The van der Waals surface area contributed by atoms with Gasteiger partial charge in [-0.25, -0.2) is 8.42 Å². The summed E-state index contributed by atoms with van der Waals surface area (Å²) in [7, 11) is -2.54.